The van der Waals surface area contributed by atoms with E-state index in [9.17, 15) is 4.79 Å². The van der Waals surface area contributed by atoms with Crippen molar-refractivity contribution in [1.82, 2.24) is 10.6 Å². The number of nitrogens with one attached hydrogen (secondary N) is 2. The van der Waals surface area contributed by atoms with E-state index in [0.717, 1.165) is 12.8 Å². The van der Waals surface area contributed by atoms with Crippen molar-refractivity contribution in [1.29, 1.82) is 0 Å². The standard InChI is InChI=1S/C50H108N2O13Si8/c1-16-17-18-19-20-21-22-23-24-25-26-27-28-29-30-31-33-51-50(53)52-34-32-35-66-54-67(36-43(2)3)57-70(39-46(8)9)59-68(55-66,37-44(4)5)61-72(41-48(12)13)62-69(56-66,38-45(6)7)60-71(58-67,40-47(10)11)64-73(63-70,65-72)42-49(14)15/h43-49H,16-42H2,1-15H3,(H2,51,52,53). The quantitative estimate of drug-likeness (QED) is 0.0458. The Balaban J connectivity index is 1.40. The maximum absolute atomic E-state index is 13.3. The third-order valence-electron chi connectivity index (χ3n) is 13.6. The Morgan fingerprint density at radius 1 is 0.288 bits per heavy atom. The Kier molecular flexibility index (Phi) is 25.4. The fourth-order valence-corrected chi connectivity index (χ4v) is 62.9. The summed E-state index contributed by atoms with van der Waals surface area (Å²) < 4.78 is 94.2. The van der Waals surface area contributed by atoms with E-state index in [1.165, 1.54) is 89.9 Å². The fourth-order valence-electron chi connectivity index (χ4n) is 11.3. The van der Waals surface area contributed by atoms with Crippen LogP contribution in [0.5, 0.6) is 0 Å². The minimum atomic E-state index is -4.10. The molecule has 6 saturated heterocycles. The maximum Gasteiger partial charge on any atom is 0.479 e. The third kappa shape index (κ3) is 19.9. The van der Waals surface area contributed by atoms with Crippen LogP contribution in [0.4, 0.5) is 4.79 Å². The van der Waals surface area contributed by atoms with E-state index in [1.54, 1.807) is 0 Å². The molecule has 0 atom stereocenters. The van der Waals surface area contributed by atoms with Crippen LogP contribution in [0, 0.1) is 41.4 Å². The Morgan fingerprint density at radius 3 is 0.699 bits per heavy atom. The van der Waals surface area contributed by atoms with Gasteiger partial charge in [-0.05, 0) is 54.3 Å². The third-order valence-corrected chi connectivity index (χ3v) is 53.6. The lowest BCUT2D eigenvalue weighted by Gasteiger charge is -2.64. The number of carbonyl (C=O) groups is 1. The average molecular weight is 1170 g/mol. The lowest BCUT2D eigenvalue weighted by atomic mass is 10.0. The molecule has 0 radical (unpaired) electrons. The summed E-state index contributed by atoms with van der Waals surface area (Å²) >= 11 is 0. The summed E-state index contributed by atoms with van der Waals surface area (Å²) in [5.41, 5.74) is 0. The van der Waals surface area contributed by atoms with Gasteiger partial charge in [-0.1, -0.05) is 200 Å². The van der Waals surface area contributed by atoms with Crippen LogP contribution in [-0.4, -0.2) is 89.6 Å². The van der Waals surface area contributed by atoms with Gasteiger partial charge in [-0.25, -0.2) is 4.79 Å². The second-order valence-corrected chi connectivity index (χ2v) is 49.5. The van der Waals surface area contributed by atoms with Crippen molar-refractivity contribution >= 4 is 76.5 Å². The summed E-state index contributed by atoms with van der Waals surface area (Å²) in [7, 11) is -32.0. The minimum absolute atomic E-state index is 0.0801. The molecule has 0 aromatic rings. The molecule has 0 aromatic carbocycles. The summed E-state index contributed by atoms with van der Waals surface area (Å²) in [4.78, 5) is 13.3. The zero-order valence-electron chi connectivity index (χ0n) is 48.9. The Bertz CT molecular complexity index is 1510. The van der Waals surface area contributed by atoms with Gasteiger partial charge in [0.05, 0.1) is 0 Å². The highest BCUT2D eigenvalue weighted by Gasteiger charge is 2.83. The van der Waals surface area contributed by atoms with Gasteiger partial charge in [-0.3, -0.25) is 0 Å². The predicted octanol–water partition coefficient (Wildman–Crippen LogP) is 14.3. The summed E-state index contributed by atoms with van der Waals surface area (Å²) in [6, 6.07) is 3.35. The molecule has 15 nitrogen and oxygen atoms in total. The van der Waals surface area contributed by atoms with Gasteiger partial charge >= 0.3 is 76.5 Å². The van der Waals surface area contributed by atoms with Crippen molar-refractivity contribution in [3.8, 4) is 0 Å². The maximum atomic E-state index is 13.3. The van der Waals surface area contributed by atoms with Crippen LogP contribution in [0.3, 0.4) is 0 Å². The van der Waals surface area contributed by atoms with Gasteiger partial charge < -0.3 is 60.0 Å². The zero-order chi connectivity index (χ0) is 53.6. The van der Waals surface area contributed by atoms with Crippen LogP contribution in [0.2, 0.25) is 48.4 Å². The van der Waals surface area contributed by atoms with Crippen molar-refractivity contribution in [3.63, 3.8) is 0 Å². The van der Waals surface area contributed by atoms with Gasteiger partial charge in [0.25, 0.3) is 0 Å². The monoisotopic (exact) mass is 1170 g/mol. The highest BCUT2D eigenvalue weighted by Crippen LogP contribution is 2.56. The van der Waals surface area contributed by atoms with Crippen LogP contribution in [0.15, 0.2) is 0 Å². The summed E-state index contributed by atoms with van der Waals surface area (Å²) in [5, 5.41) is 6.26. The smallest absolute Gasteiger partial charge is 0.373 e. The van der Waals surface area contributed by atoms with E-state index in [0.29, 0.717) is 67.9 Å². The molecule has 6 rings (SSSR count). The Hall–Kier alpha value is 0.525. The van der Waals surface area contributed by atoms with E-state index in [1.807, 2.05) is 0 Å². The van der Waals surface area contributed by atoms with Gasteiger partial charge in [0.2, 0.25) is 0 Å². The van der Waals surface area contributed by atoms with Crippen molar-refractivity contribution in [3.05, 3.63) is 0 Å². The van der Waals surface area contributed by atoms with Crippen molar-refractivity contribution < 1.29 is 54.2 Å². The van der Waals surface area contributed by atoms with Crippen LogP contribution in [-0.2, 0) is 49.4 Å². The minimum Gasteiger partial charge on any atom is -0.373 e. The molecular formula is C50H108N2O13Si8. The molecule has 6 heterocycles. The topological polar surface area (TPSA) is 152 Å². The summed E-state index contributed by atoms with van der Waals surface area (Å²) in [5.74, 6) is 0.647. The molecule has 6 fully saturated rings. The molecule has 8 bridgehead atoms. The Labute approximate surface area is 454 Å². The number of hydrogen-bond acceptors (Lipinski definition) is 13. The number of carbonyl (C=O) groups excluding carboxylic acids is 1. The molecule has 2 N–H and O–H groups in total. The van der Waals surface area contributed by atoms with Gasteiger partial charge in [-0.15, -0.1) is 0 Å². The van der Waals surface area contributed by atoms with Gasteiger partial charge in [0, 0.05) is 61.4 Å². The first kappa shape index (κ1) is 64.3. The SMILES string of the molecule is CCCCCCCCCCCCCCCCCCNC(=O)NCCC[Si]12O[Si]3(CC(C)C)O[Si]4(CC(C)C)O[Si](CC(C)C)(O1)O[Si]1(CC(C)C)O[Si](CC(C)C)(O2)O[Si](CC(C)C)(O3)O[Si](CC(C)C)(O4)O1. The molecule has 0 aliphatic carbocycles. The molecule has 0 spiro atoms. The largest absolute Gasteiger partial charge is 0.479 e. The molecule has 23 heteroatoms. The number of hydrogen-bond donors (Lipinski definition) is 2. The Morgan fingerprint density at radius 2 is 0.479 bits per heavy atom. The molecule has 73 heavy (non-hydrogen) atoms. The molecule has 2 amide bonds. The van der Waals surface area contributed by atoms with E-state index < -0.39 is 70.4 Å². The lowest BCUT2D eigenvalue weighted by Crippen LogP contribution is -2.88. The van der Waals surface area contributed by atoms with E-state index in [-0.39, 0.29) is 47.5 Å². The van der Waals surface area contributed by atoms with Gasteiger partial charge in [-0.2, -0.15) is 0 Å². The highest BCUT2D eigenvalue weighted by atomic mass is 28.6. The molecule has 6 aliphatic heterocycles. The van der Waals surface area contributed by atoms with E-state index in [4.69, 9.17) is 49.4 Å². The van der Waals surface area contributed by atoms with E-state index in [2.05, 4.69) is 114 Å². The fraction of sp³-hybridized carbons (Fsp3) is 0.980. The zero-order valence-corrected chi connectivity index (χ0v) is 56.9. The molecule has 0 saturated carbocycles. The molecule has 6 aliphatic rings. The normalized spacial score (nSPS) is 33.1. The second kappa shape index (κ2) is 28.8. The number of urea groups is 1. The molecule has 0 unspecified atom stereocenters. The van der Waals surface area contributed by atoms with Crippen LogP contribution in [0.25, 0.3) is 0 Å². The van der Waals surface area contributed by atoms with Crippen LogP contribution in [0.1, 0.15) is 213 Å². The highest BCUT2D eigenvalue weighted by molar-refractivity contribution is 7.03. The number of unbranched alkanes of at least 4 members (excludes halogenated alkanes) is 15. The second-order valence-electron chi connectivity index (χ2n) is 25.5. The average Bonchev–Trinajstić information content (AvgIpc) is 3.18. The number of amides is 2. The number of rotatable bonds is 35. The summed E-state index contributed by atoms with van der Waals surface area (Å²) in [6.45, 7) is 33.6. The molecule has 0 aromatic heterocycles. The van der Waals surface area contributed by atoms with Gasteiger partial charge in [0.1, 0.15) is 0 Å². The first-order valence-corrected chi connectivity index (χ1v) is 45.2. The van der Waals surface area contributed by atoms with Crippen molar-refractivity contribution in [2.45, 2.75) is 261 Å². The molecule has 428 valence electrons. The van der Waals surface area contributed by atoms with Crippen LogP contribution < -0.4 is 10.6 Å². The lowest BCUT2D eigenvalue weighted by molar-refractivity contribution is -0.0341. The summed E-state index contributed by atoms with van der Waals surface area (Å²) in [6.07, 6.45) is 21.6. The predicted molar refractivity (Wildman–Crippen MR) is 307 cm³/mol. The first-order chi connectivity index (χ1) is 34.4. The molecular weight excluding hydrogens is 1060 g/mol. The van der Waals surface area contributed by atoms with Crippen LogP contribution >= 0.6 is 0 Å². The van der Waals surface area contributed by atoms with E-state index >= 15 is 0 Å². The van der Waals surface area contributed by atoms with Crippen molar-refractivity contribution in [2.75, 3.05) is 13.1 Å². The van der Waals surface area contributed by atoms with Gasteiger partial charge in [0.15, 0.2) is 0 Å². The first-order valence-electron chi connectivity index (χ1n) is 29.8. The van der Waals surface area contributed by atoms with Crippen molar-refractivity contribution in [2.24, 2.45) is 41.4 Å².